The molecule has 2 rings (SSSR count). The van der Waals surface area contributed by atoms with Crippen molar-refractivity contribution in [3.63, 3.8) is 0 Å². The predicted octanol–water partition coefficient (Wildman–Crippen LogP) is 2.97. The number of aldehydes is 1. The molecule has 0 unspecified atom stereocenters. The summed E-state index contributed by atoms with van der Waals surface area (Å²) in [6.45, 7) is 4.44. The Hall–Kier alpha value is -2.04. The van der Waals surface area contributed by atoms with Crippen molar-refractivity contribution >= 4 is 12.2 Å². The van der Waals surface area contributed by atoms with Crippen molar-refractivity contribution in [2.24, 2.45) is 5.92 Å². The Morgan fingerprint density at radius 3 is 2.74 bits per heavy atom. The third-order valence-electron chi connectivity index (χ3n) is 4.22. The number of ether oxygens (including phenoxy) is 2. The monoisotopic (exact) mass is 319 g/mol. The Labute approximate surface area is 137 Å². The molecule has 0 aliphatic heterocycles. The van der Waals surface area contributed by atoms with Gasteiger partial charge in [-0.1, -0.05) is 19.8 Å². The maximum atomic E-state index is 12.1. The molecule has 0 saturated heterocycles. The molecule has 1 aliphatic rings. The zero-order valence-electron chi connectivity index (χ0n) is 13.8. The quantitative estimate of drug-likeness (QED) is 0.785. The summed E-state index contributed by atoms with van der Waals surface area (Å²) < 4.78 is 11.0. The number of nitrogens with one attached hydrogen (secondary N) is 1. The van der Waals surface area contributed by atoms with Gasteiger partial charge in [-0.05, 0) is 43.9 Å². The second-order valence-corrected chi connectivity index (χ2v) is 5.98. The first kappa shape index (κ1) is 17.3. The maximum Gasteiger partial charge on any atom is 0.258 e. The maximum absolute atomic E-state index is 12.1. The van der Waals surface area contributed by atoms with Crippen molar-refractivity contribution in [1.29, 1.82) is 0 Å². The van der Waals surface area contributed by atoms with Crippen LogP contribution in [0.5, 0.6) is 11.5 Å². The Morgan fingerprint density at radius 2 is 2.04 bits per heavy atom. The first-order valence-electron chi connectivity index (χ1n) is 8.28. The highest BCUT2D eigenvalue weighted by atomic mass is 16.5. The van der Waals surface area contributed by atoms with Gasteiger partial charge in [0.25, 0.3) is 5.91 Å². The van der Waals surface area contributed by atoms with Crippen LogP contribution in [0.3, 0.4) is 0 Å². The van der Waals surface area contributed by atoms with Crippen LogP contribution in [-0.4, -0.2) is 31.4 Å². The van der Waals surface area contributed by atoms with E-state index in [1.807, 2.05) is 6.92 Å². The topological polar surface area (TPSA) is 64.6 Å². The molecule has 1 aromatic rings. The molecule has 1 aliphatic carbocycles. The van der Waals surface area contributed by atoms with Crippen LogP contribution in [0.2, 0.25) is 0 Å². The first-order valence-corrected chi connectivity index (χ1v) is 8.28. The first-order chi connectivity index (χ1) is 11.1. The fourth-order valence-corrected chi connectivity index (χ4v) is 2.91. The SMILES string of the molecule is CCOc1cc(C=O)ccc1OCC(=O)N[C@@H]1CCCC[C@H]1C. The molecule has 1 aromatic carbocycles. The molecule has 126 valence electrons. The Balaban J connectivity index is 1.91. The van der Waals surface area contributed by atoms with E-state index in [-0.39, 0.29) is 18.6 Å². The number of carbonyl (C=O) groups excluding carboxylic acids is 2. The lowest BCUT2D eigenvalue weighted by atomic mass is 9.86. The van der Waals surface area contributed by atoms with Crippen LogP contribution in [0.25, 0.3) is 0 Å². The fourth-order valence-electron chi connectivity index (χ4n) is 2.91. The van der Waals surface area contributed by atoms with Gasteiger partial charge in [-0.25, -0.2) is 0 Å². The van der Waals surface area contributed by atoms with E-state index in [1.54, 1.807) is 18.2 Å². The molecule has 0 radical (unpaired) electrons. The number of rotatable bonds is 7. The fraction of sp³-hybridized carbons (Fsp3) is 0.556. The predicted molar refractivity (Wildman–Crippen MR) is 88.1 cm³/mol. The summed E-state index contributed by atoms with van der Waals surface area (Å²) >= 11 is 0. The molecule has 23 heavy (non-hydrogen) atoms. The van der Waals surface area contributed by atoms with E-state index >= 15 is 0 Å². The summed E-state index contributed by atoms with van der Waals surface area (Å²) in [5.41, 5.74) is 0.515. The Morgan fingerprint density at radius 1 is 1.26 bits per heavy atom. The van der Waals surface area contributed by atoms with Crippen LogP contribution >= 0.6 is 0 Å². The summed E-state index contributed by atoms with van der Waals surface area (Å²) in [5, 5.41) is 3.05. The Kier molecular flexibility index (Phi) is 6.44. The van der Waals surface area contributed by atoms with Gasteiger partial charge in [0, 0.05) is 11.6 Å². The van der Waals surface area contributed by atoms with Gasteiger partial charge < -0.3 is 14.8 Å². The zero-order valence-corrected chi connectivity index (χ0v) is 13.8. The largest absolute Gasteiger partial charge is 0.490 e. The van der Waals surface area contributed by atoms with Gasteiger partial charge in [-0.3, -0.25) is 9.59 Å². The minimum absolute atomic E-state index is 0.0519. The molecular weight excluding hydrogens is 294 g/mol. The molecule has 1 N–H and O–H groups in total. The van der Waals surface area contributed by atoms with Crippen LogP contribution in [0.1, 0.15) is 49.9 Å². The van der Waals surface area contributed by atoms with Gasteiger partial charge in [0.2, 0.25) is 0 Å². The van der Waals surface area contributed by atoms with Gasteiger partial charge in [-0.2, -0.15) is 0 Å². The minimum atomic E-state index is -0.120. The summed E-state index contributed by atoms with van der Waals surface area (Å²) in [6.07, 6.45) is 5.35. The molecular formula is C18H25NO4. The van der Waals surface area contributed by atoms with E-state index in [2.05, 4.69) is 12.2 Å². The van der Waals surface area contributed by atoms with Crippen molar-refractivity contribution in [3.05, 3.63) is 23.8 Å². The van der Waals surface area contributed by atoms with E-state index in [0.29, 0.717) is 29.6 Å². The lowest BCUT2D eigenvalue weighted by Crippen LogP contribution is -2.43. The molecule has 1 fully saturated rings. The van der Waals surface area contributed by atoms with Crippen molar-refractivity contribution in [2.75, 3.05) is 13.2 Å². The third kappa shape index (κ3) is 4.98. The molecule has 0 aromatic heterocycles. The zero-order chi connectivity index (χ0) is 16.7. The van der Waals surface area contributed by atoms with E-state index in [4.69, 9.17) is 9.47 Å². The molecule has 2 atom stereocenters. The summed E-state index contributed by atoms with van der Waals surface area (Å²) in [7, 11) is 0. The van der Waals surface area contributed by atoms with E-state index in [1.165, 1.54) is 6.42 Å². The van der Waals surface area contributed by atoms with Crippen molar-refractivity contribution < 1.29 is 19.1 Å². The molecule has 0 heterocycles. The van der Waals surface area contributed by atoms with Crippen LogP contribution in [0.15, 0.2) is 18.2 Å². The van der Waals surface area contributed by atoms with Crippen molar-refractivity contribution in [3.8, 4) is 11.5 Å². The third-order valence-corrected chi connectivity index (χ3v) is 4.22. The summed E-state index contributed by atoms with van der Waals surface area (Å²) in [6, 6.07) is 5.16. The van der Waals surface area contributed by atoms with Gasteiger partial charge in [0.15, 0.2) is 18.1 Å². The van der Waals surface area contributed by atoms with Gasteiger partial charge in [0.1, 0.15) is 6.29 Å². The highest BCUT2D eigenvalue weighted by molar-refractivity contribution is 5.78. The van der Waals surface area contributed by atoms with Gasteiger partial charge in [0.05, 0.1) is 6.61 Å². The van der Waals surface area contributed by atoms with Crippen LogP contribution in [0.4, 0.5) is 0 Å². The van der Waals surface area contributed by atoms with E-state index in [0.717, 1.165) is 25.5 Å². The van der Waals surface area contributed by atoms with Crippen LogP contribution < -0.4 is 14.8 Å². The van der Waals surface area contributed by atoms with E-state index < -0.39 is 0 Å². The van der Waals surface area contributed by atoms with Gasteiger partial charge in [-0.15, -0.1) is 0 Å². The second kappa shape index (κ2) is 8.56. The standard InChI is InChI=1S/C18H25NO4/c1-3-22-17-10-14(11-20)8-9-16(17)23-12-18(21)19-15-7-5-4-6-13(15)2/h8-11,13,15H,3-7,12H2,1-2H3,(H,19,21)/t13-,15-/m1/s1. The lowest BCUT2D eigenvalue weighted by molar-refractivity contribution is -0.124. The number of hydrogen-bond acceptors (Lipinski definition) is 4. The number of carbonyl (C=O) groups is 2. The van der Waals surface area contributed by atoms with Crippen molar-refractivity contribution in [1.82, 2.24) is 5.32 Å². The highest BCUT2D eigenvalue weighted by Gasteiger charge is 2.23. The van der Waals surface area contributed by atoms with Crippen LogP contribution in [0, 0.1) is 5.92 Å². The number of benzene rings is 1. The molecule has 0 bridgehead atoms. The van der Waals surface area contributed by atoms with Crippen molar-refractivity contribution in [2.45, 2.75) is 45.6 Å². The normalized spacial score (nSPS) is 20.6. The smallest absolute Gasteiger partial charge is 0.258 e. The lowest BCUT2D eigenvalue weighted by Gasteiger charge is -2.29. The minimum Gasteiger partial charge on any atom is -0.490 e. The number of amides is 1. The second-order valence-electron chi connectivity index (χ2n) is 5.98. The van der Waals surface area contributed by atoms with Gasteiger partial charge >= 0.3 is 0 Å². The summed E-state index contributed by atoms with van der Waals surface area (Å²) in [4.78, 5) is 22.9. The summed E-state index contributed by atoms with van der Waals surface area (Å²) in [5.74, 6) is 1.35. The average molecular weight is 319 g/mol. The average Bonchev–Trinajstić information content (AvgIpc) is 2.56. The molecule has 0 spiro atoms. The molecule has 5 heteroatoms. The molecule has 1 amide bonds. The van der Waals surface area contributed by atoms with Crippen LogP contribution in [-0.2, 0) is 4.79 Å². The number of hydrogen-bond donors (Lipinski definition) is 1. The molecule has 1 saturated carbocycles. The Bertz CT molecular complexity index is 544. The highest BCUT2D eigenvalue weighted by Crippen LogP contribution is 2.28. The molecule has 5 nitrogen and oxygen atoms in total. The van der Waals surface area contributed by atoms with E-state index in [9.17, 15) is 9.59 Å².